The topological polar surface area (TPSA) is 68.1 Å². The minimum Gasteiger partial charge on any atom is -0.380 e. The molecular weight excluding hydrogens is 266 g/mol. The highest BCUT2D eigenvalue weighted by molar-refractivity contribution is 5.90. The maximum Gasteiger partial charge on any atom is 0.269 e. The van der Waals surface area contributed by atoms with Gasteiger partial charge in [0.15, 0.2) is 0 Å². The number of nitrogens with one attached hydrogen (secondary N) is 1. The second-order valence-electron chi connectivity index (χ2n) is 4.66. The van der Waals surface area contributed by atoms with Gasteiger partial charge in [-0.2, -0.15) is 0 Å². The number of non-ortho nitro benzene ring substituents is 1. The predicted molar refractivity (Wildman–Crippen MR) is 82.2 cm³/mol. The van der Waals surface area contributed by atoms with Gasteiger partial charge in [0.25, 0.3) is 5.69 Å². The lowest BCUT2D eigenvalue weighted by molar-refractivity contribution is -0.384. The summed E-state index contributed by atoms with van der Waals surface area (Å²) in [5.41, 5.74) is 2.85. The van der Waals surface area contributed by atoms with Crippen molar-refractivity contribution >= 4 is 22.3 Å². The van der Waals surface area contributed by atoms with Crippen LogP contribution in [0.2, 0.25) is 0 Å². The number of hydrogen-bond donors (Lipinski definition) is 1. The van der Waals surface area contributed by atoms with E-state index in [1.807, 2.05) is 36.4 Å². The zero-order valence-electron chi connectivity index (χ0n) is 11.2. The van der Waals surface area contributed by atoms with Gasteiger partial charge in [0, 0.05) is 35.9 Å². The summed E-state index contributed by atoms with van der Waals surface area (Å²) in [6, 6.07) is 16.4. The van der Waals surface area contributed by atoms with Gasteiger partial charge in [0.05, 0.1) is 10.4 Å². The van der Waals surface area contributed by atoms with Crippen molar-refractivity contribution in [2.75, 3.05) is 5.32 Å². The molecule has 0 radical (unpaired) electrons. The van der Waals surface area contributed by atoms with Crippen molar-refractivity contribution in [2.24, 2.45) is 0 Å². The van der Waals surface area contributed by atoms with Crippen LogP contribution >= 0.6 is 0 Å². The molecule has 1 N–H and O–H groups in total. The molecule has 3 aromatic rings. The largest absolute Gasteiger partial charge is 0.380 e. The van der Waals surface area contributed by atoms with E-state index in [4.69, 9.17) is 0 Å². The first kappa shape index (κ1) is 13.1. The van der Waals surface area contributed by atoms with E-state index in [-0.39, 0.29) is 10.6 Å². The van der Waals surface area contributed by atoms with Gasteiger partial charge in [-0.15, -0.1) is 0 Å². The van der Waals surface area contributed by atoms with Crippen molar-refractivity contribution in [3.8, 4) is 0 Å². The first-order valence-corrected chi connectivity index (χ1v) is 6.55. The lowest BCUT2D eigenvalue weighted by Crippen LogP contribution is -2.01. The number of fused-ring (bicyclic) bond motifs is 1. The van der Waals surface area contributed by atoms with E-state index in [9.17, 15) is 10.1 Å². The number of nitro groups is 1. The second kappa shape index (κ2) is 5.58. The Hall–Kier alpha value is -2.95. The summed E-state index contributed by atoms with van der Waals surface area (Å²) in [4.78, 5) is 14.7. The molecule has 21 heavy (non-hydrogen) atoms. The number of rotatable bonds is 4. The third-order valence-corrected chi connectivity index (χ3v) is 3.25. The highest BCUT2D eigenvalue weighted by Gasteiger charge is 2.06. The molecule has 0 aliphatic rings. The molecule has 1 heterocycles. The summed E-state index contributed by atoms with van der Waals surface area (Å²) in [6.45, 7) is 0.523. The van der Waals surface area contributed by atoms with Crippen LogP contribution in [0.3, 0.4) is 0 Å². The molecule has 0 fully saturated rings. The fourth-order valence-corrected chi connectivity index (χ4v) is 2.23. The minimum atomic E-state index is -0.384. The molecule has 0 spiro atoms. The molecule has 2 aromatic carbocycles. The van der Waals surface area contributed by atoms with Crippen LogP contribution in [0, 0.1) is 10.1 Å². The average Bonchev–Trinajstić information content (AvgIpc) is 2.53. The number of para-hydroxylation sites is 1. The molecule has 0 atom stereocenters. The van der Waals surface area contributed by atoms with Crippen molar-refractivity contribution in [1.82, 2.24) is 4.98 Å². The van der Waals surface area contributed by atoms with E-state index in [2.05, 4.69) is 10.3 Å². The Balaban J connectivity index is 1.84. The van der Waals surface area contributed by atoms with E-state index in [0.29, 0.717) is 6.54 Å². The number of aromatic nitrogens is 1. The van der Waals surface area contributed by atoms with Crippen LogP contribution in [0.15, 0.2) is 60.8 Å². The SMILES string of the molecule is O=[N+]([O-])c1cccc(CNc2ccnc3ccccc23)c1. The van der Waals surface area contributed by atoms with Gasteiger partial charge in [0.1, 0.15) is 0 Å². The van der Waals surface area contributed by atoms with Gasteiger partial charge >= 0.3 is 0 Å². The zero-order chi connectivity index (χ0) is 14.7. The van der Waals surface area contributed by atoms with Crippen LogP contribution in [-0.2, 0) is 6.54 Å². The standard InChI is InChI=1S/C16H13N3O2/c20-19(21)13-5-3-4-12(10-13)11-18-16-8-9-17-15-7-2-1-6-14(15)16/h1-10H,11H2,(H,17,18). The minimum absolute atomic E-state index is 0.105. The zero-order valence-corrected chi connectivity index (χ0v) is 11.2. The van der Waals surface area contributed by atoms with E-state index in [1.54, 1.807) is 18.3 Å². The van der Waals surface area contributed by atoms with Gasteiger partial charge in [-0.3, -0.25) is 15.1 Å². The Bertz CT molecular complexity index is 797. The first-order valence-electron chi connectivity index (χ1n) is 6.55. The quantitative estimate of drug-likeness (QED) is 0.583. The van der Waals surface area contributed by atoms with Crippen LogP contribution in [-0.4, -0.2) is 9.91 Å². The van der Waals surface area contributed by atoms with Crippen molar-refractivity contribution in [1.29, 1.82) is 0 Å². The van der Waals surface area contributed by atoms with Crippen LogP contribution < -0.4 is 5.32 Å². The Labute approximate surface area is 121 Å². The fourth-order valence-electron chi connectivity index (χ4n) is 2.23. The molecule has 0 unspecified atom stereocenters. The van der Waals surface area contributed by atoms with Gasteiger partial charge in [-0.05, 0) is 17.7 Å². The molecule has 5 nitrogen and oxygen atoms in total. The van der Waals surface area contributed by atoms with E-state index in [1.165, 1.54) is 6.07 Å². The Morgan fingerprint density at radius 3 is 2.81 bits per heavy atom. The van der Waals surface area contributed by atoms with Crippen molar-refractivity contribution in [3.63, 3.8) is 0 Å². The molecule has 0 aliphatic carbocycles. The van der Waals surface area contributed by atoms with Crippen molar-refractivity contribution in [3.05, 3.63) is 76.5 Å². The maximum atomic E-state index is 10.8. The Kier molecular flexibility index (Phi) is 3.47. The maximum absolute atomic E-state index is 10.8. The van der Waals surface area contributed by atoms with Gasteiger partial charge in [0.2, 0.25) is 0 Å². The number of benzene rings is 2. The summed E-state index contributed by atoms with van der Waals surface area (Å²) in [5, 5.41) is 15.1. The monoisotopic (exact) mass is 279 g/mol. The fraction of sp³-hybridized carbons (Fsp3) is 0.0625. The van der Waals surface area contributed by atoms with Crippen molar-refractivity contribution in [2.45, 2.75) is 6.54 Å². The summed E-state index contributed by atoms with van der Waals surface area (Å²) < 4.78 is 0. The lowest BCUT2D eigenvalue weighted by Gasteiger charge is -2.09. The number of hydrogen-bond acceptors (Lipinski definition) is 4. The average molecular weight is 279 g/mol. The normalized spacial score (nSPS) is 10.5. The molecule has 0 saturated carbocycles. The van der Waals surface area contributed by atoms with E-state index < -0.39 is 0 Å². The summed E-state index contributed by atoms with van der Waals surface area (Å²) in [7, 11) is 0. The molecule has 0 aliphatic heterocycles. The van der Waals surface area contributed by atoms with Gasteiger partial charge in [-0.1, -0.05) is 30.3 Å². The number of anilines is 1. The lowest BCUT2D eigenvalue weighted by atomic mass is 10.1. The van der Waals surface area contributed by atoms with Crippen LogP contribution in [0.5, 0.6) is 0 Å². The van der Waals surface area contributed by atoms with E-state index >= 15 is 0 Å². The summed E-state index contributed by atoms with van der Waals surface area (Å²) in [6.07, 6.45) is 1.75. The van der Waals surface area contributed by atoms with Crippen LogP contribution in [0.1, 0.15) is 5.56 Å². The van der Waals surface area contributed by atoms with Crippen LogP contribution in [0.25, 0.3) is 10.9 Å². The Morgan fingerprint density at radius 1 is 1.10 bits per heavy atom. The van der Waals surface area contributed by atoms with Gasteiger partial charge < -0.3 is 5.32 Å². The molecule has 3 rings (SSSR count). The second-order valence-corrected chi connectivity index (χ2v) is 4.66. The van der Waals surface area contributed by atoms with Crippen LogP contribution in [0.4, 0.5) is 11.4 Å². The molecule has 0 amide bonds. The van der Waals surface area contributed by atoms with E-state index in [0.717, 1.165) is 22.2 Å². The first-order chi connectivity index (χ1) is 10.2. The summed E-state index contributed by atoms with van der Waals surface area (Å²) in [5.74, 6) is 0. The van der Waals surface area contributed by atoms with Crippen molar-refractivity contribution < 1.29 is 4.92 Å². The smallest absolute Gasteiger partial charge is 0.269 e. The Morgan fingerprint density at radius 2 is 1.95 bits per heavy atom. The van der Waals surface area contributed by atoms with Gasteiger partial charge in [-0.25, -0.2) is 0 Å². The molecular formula is C16H13N3O2. The number of nitro benzene ring substituents is 1. The highest BCUT2D eigenvalue weighted by Crippen LogP contribution is 2.22. The molecule has 5 heteroatoms. The summed E-state index contributed by atoms with van der Waals surface area (Å²) >= 11 is 0. The molecule has 0 saturated heterocycles. The third-order valence-electron chi connectivity index (χ3n) is 3.25. The molecule has 104 valence electrons. The molecule has 0 bridgehead atoms. The number of pyridine rings is 1. The predicted octanol–water partition coefficient (Wildman–Crippen LogP) is 3.76. The number of nitrogens with zero attached hydrogens (tertiary/aromatic N) is 2. The molecule has 1 aromatic heterocycles. The highest BCUT2D eigenvalue weighted by atomic mass is 16.6. The third kappa shape index (κ3) is 2.81.